The Morgan fingerprint density at radius 2 is 0.800 bits per heavy atom. The van der Waals surface area contributed by atoms with E-state index in [0.29, 0.717) is 0 Å². The topological polar surface area (TPSA) is 126 Å². The smallest absolute Gasteiger partial charge is 0.155 e. The van der Waals surface area contributed by atoms with Gasteiger partial charge in [0.15, 0.2) is 5.78 Å². The number of ketones is 1. The van der Waals surface area contributed by atoms with Gasteiger partial charge in [-0.3, -0.25) is 24.7 Å². The van der Waals surface area contributed by atoms with Gasteiger partial charge in [-0.2, -0.15) is 0 Å². The average molecular weight is 975 g/mol. The normalized spacial score (nSPS) is 10.6. The molecule has 10 nitrogen and oxygen atoms in total. The van der Waals surface area contributed by atoms with Crippen molar-refractivity contribution in [1.82, 2.24) is 19.9 Å². The van der Waals surface area contributed by atoms with Crippen LogP contribution in [0.2, 0.25) is 0 Å². The first-order valence-electron chi connectivity index (χ1n) is 18.5. The zero-order chi connectivity index (χ0) is 41.7. The number of rotatable bonds is 9. The van der Waals surface area contributed by atoms with Crippen LogP contribution in [0.1, 0.15) is 13.8 Å². The molecule has 0 atom stereocenters. The van der Waals surface area contributed by atoms with Crippen molar-refractivity contribution in [1.29, 1.82) is 0 Å². The standard InChI is InChI=1S/2C22H17N2O2.C5H8O2.Ir/c2*1-25-17-11-7-15(8-12-17)21-22(16-9-13-18(26-2)14-10-16)24-20-6-4-3-5-19(20)23-21;1-4(6)3-5(2)7;/h2*3-9,11-14H,1-2H3;3,6H,1-2H3;/q2*-1;;. The van der Waals surface area contributed by atoms with Gasteiger partial charge >= 0.3 is 0 Å². The van der Waals surface area contributed by atoms with Gasteiger partial charge in [0.05, 0.1) is 67.7 Å². The van der Waals surface area contributed by atoms with E-state index in [1.165, 1.54) is 19.9 Å². The van der Waals surface area contributed by atoms with Gasteiger partial charge in [0.1, 0.15) is 11.5 Å². The molecule has 0 unspecified atom stereocenters. The van der Waals surface area contributed by atoms with E-state index in [1.807, 2.05) is 133 Å². The maximum Gasteiger partial charge on any atom is 0.155 e. The van der Waals surface area contributed by atoms with Crippen molar-refractivity contribution in [2.75, 3.05) is 28.4 Å². The van der Waals surface area contributed by atoms with Crippen molar-refractivity contribution in [2.45, 2.75) is 13.8 Å². The van der Waals surface area contributed by atoms with Gasteiger partial charge in [0, 0.05) is 49.1 Å². The third kappa shape index (κ3) is 11.2. The molecule has 0 bridgehead atoms. The molecule has 0 spiro atoms. The van der Waals surface area contributed by atoms with Crippen LogP contribution in [-0.4, -0.2) is 59.3 Å². The van der Waals surface area contributed by atoms with Gasteiger partial charge in [-0.1, -0.05) is 24.3 Å². The molecule has 0 amide bonds. The van der Waals surface area contributed by atoms with Crippen LogP contribution in [-0.2, 0) is 24.9 Å². The second-order valence-electron chi connectivity index (χ2n) is 13.0. The number of aliphatic hydroxyl groups is 1. The molecule has 2 heterocycles. The number of ether oxygens (including phenoxy) is 4. The number of aromatic nitrogens is 4. The van der Waals surface area contributed by atoms with E-state index in [-0.39, 0.29) is 31.6 Å². The molecule has 1 N–H and O–H groups in total. The molecule has 0 aliphatic rings. The Labute approximate surface area is 362 Å². The van der Waals surface area contributed by atoms with Gasteiger partial charge < -0.3 is 24.1 Å². The van der Waals surface area contributed by atoms with E-state index in [0.717, 1.165) is 90.1 Å². The SMILES string of the molecule is CC(=O)C=C(C)O.COc1c[c-]c(-c2nc3ccccc3nc2-c2ccc(OC)cc2)cc1.COc1c[c-]c(-c2nc3ccccc3nc2-c2ccc(OC)cc2)cc1.[Ir]. The van der Waals surface area contributed by atoms with Gasteiger partial charge in [-0.25, -0.2) is 0 Å². The van der Waals surface area contributed by atoms with Crippen LogP contribution in [0.4, 0.5) is 0 Å². The fraction of sp³-hybridized carbons (Fsp3) is 0.122. The predicted octanol–water partition coefficient (Wildman–Crippen LogP) is 10.6. The van der Waals surface area contributed by atoms with Crippen LogP contribution in [0.5, 0.6) is 23.0 Å². The van der Waals surface area contributed by atoms with Crippen molar-refractivity contribution >= 4 is 27.9 Å². The minimum absolute atomic E-state index is 0. The molecular formula is C49H42IrN4O6-2. The second kappa shape index (κ2) is 21.2. The summed E-state index contributed by atoms with van der Waals surface area (Å²) in [4.78, 5) is 29.5. The van der Waals surface area contributed by atoms with Crippen LogP contribution in [0.25, 0.3) is 67.1 Å². The number of carbonyl (C=O) groups excluding carboxylic acids is 1. The number of nitrogens with zero attached hydrogens (tertiary/aromatic N) is 4. The molecule has 0 saturated carbocycles. The first-order chi connectivity index (χ1) is 28.7. The molecule has 60 heavy (non-hydrogen) atoms. The predicted molar refractivity (Wildman–Crippen MR) is 232 cm³/mol. The summed E-state index contributed by atoms with van der Waals surface area (Å²) in [7, 11) is 6.59. The van der Waals surface area contributed by atoms with E-state index in [4.69, 9.17) is 44.0 Å². The Kier molecular flexibility index (Phi) is 15.6. The van der Waals surface area contributed by atoms with Crippen molar-refractivity contribution in [3.8, 4) is 68.0 Å². The molecule has 1 radical (unpaired) electrons. The molecule has 6 aromatic carbocycles. The summed E-state index contributed by atoms with van der Waals surface area (Å²) >= 11 is 0. The van der Waals surface area contributed by atoms with Crippen molar-refractivity contribution in [3.05, 3.63) is 157 Å². The van der Waals surface area contributed by atoms with Gasteiger partial charge in [0.2, 0.25) is 0 Å². The quantitative estimate of drug-likeness (QED) is 0.0849. The van der Waals surface area contributed by atoms with E-state index in [1.54, 1.807) is 28.4 Å². The zero-order valence-corrected chi connectivity index (χ0v) is 36.3. The first-order valence-corrected chi connectivity index (χ1v) is 18.5. The van der Waals surface area contributed by atoms with E-state index in [2.05, 4.69) is 12.1 Å². The molecule has 0 fully saturated rings. The second-order valence-corrected chi connectivity index (χ2v) is 13.0. The molecule has 0 aliphatic heterocycles. The Morgan fingerprint density at radius 1 is 0.483 bits per heavy atom. The Bertz CT molecular complexity index is 2340. The van der Waals surface area contributed by atoms with Crippen LogP contribution < -0.4 is 18.9 Å². The van der Waals surface area contributed by atoms with Gasteiger partial charge in [0.25, 0.3) is 0 Å². The number of methoxy groups -OCH3 is 4. The van der Waals surface area contributed by atoms with E-state index >= 15 is 0 Å². The maximum atomic E-state index is 10.0. The fourth-order valence-electron chi connectivity index (χ4n) is 5.94. The minimum Gasteiger partial charge on any atom is -0.540 e. The third-order valence-electron chi connectivity index (χ3n) is 8.83. The first kappa shape index (κ1) is 44.2. The summed E-state index contributed by atoms with van der Waals surface area (Å²) in [6.07, 6.45) is 1.17. The Morgan fingerprint density at radius 3 is 1.05 bits per heavy atom. The molecular weight excluding hydrogens is 933 g/mol. The monoisotopic (exact) mass is 975 g/mol. The average Bonchev–Trinajstić information content (AvgIpc) is 3.28. The number of fused-ring (bicyclic) bond motifs is 2. The summed E-state index contributed by atoms with van der Waals surface area (Å²) in [5.41, 5.74) is 10.3. The molecule has 11 heteroatoms. The third-order valence-corrected chi connectivity index (χ3v) is 8.83. The van der Waals surface area contributed by atoms with E-state index < -0.39 is 0 Å². The molecule has 0 saturated heterocycles. The van der Waals surface area contributed by atoms with Crippen LogP contribution in [0.3, 0.4) is 0 Å². The number of aliphatic hydroxyl groups excluding tert-OH is 1. The molecule has 8 rings (SSSR count). The number of hydrogen-bond acceptors (Lipinski definition) is 10. The Hall–Kier alpha value is -6.94. The van der Waals surface area contributed by atoms with Crippen LogP contribution in [0, 0.1) is 12.1 Å². The summed E-state index contributed by atoms with van der Waals surface area (Å²) < 4.78 is 21.0. The summed E-state index contributed by atoms with van der Waals surface area (Å²) in [6.45, 7) is 2.85. The Balaban J connectivity index is 0.000000194. The minimum atomic E-state index is -0.125. The van der Waals surface area contributed by atoms with Crippen molar-refractivity contribution < 1.29 is 49.0 Å². The van der Waals surface area contributed by atoms with Gasteiger partial charge in [-0.15, -0.1) is 59.7 Å². The summed E-state index contributed by atoms with van der Waals surface area (Å²) in [5, 5.41) is 8.36. The molecule has 2 aromatic heterocycles. The number of hydrogen-bond donors (Lipinski definition) is 1. The largest absolute Gasteiger partial charge is 0.540 e. The summed E-state index contributed by atoms with van der Waals surface area (Å²) in [6, 6.07) is 49.2. The van der Waals surface area contributed by atoms with Gasteiger partial charge in [-0.05, 0) is 97.8 Å². The molecule has 8 aromatic rings. The molecule has 0 aliphatic carbocycles. The van der Waals surface area contributed by atoms with Crippen LogP contribution in [0.15, 0.2) is 145 Å². The zero-order valence-electron chi connectivity index (χ0n) is 33.9. The molecule has 305 valence electrons. The summed E-state index contributed by atoms with van der Waals surface area (Å²) in [5.74, 6) is 3.06. The number of allylic oxidation sites excluding steroid dienone is 2. The fourth-order valence-corrected chi connectivity index (χ4v) is 5.94. The van der Waals surface area contributed by atoms with Crippen molar-refractivity contribution in [2.24, 2.45) is 0 Å². The maximum absolute atomic E-state index is 10.0. The van der Waals surface area contributed by atoms with E-state index in [9.17, 15) is 4.79 Å². The number of carbonyl (C=O) groups is 1. The number of benzene rings is 6. The number of para-hydroxylation sites is 4. The van der Waals surface area contributed by atoms with Crippen molar-refractivity contribution in [3.63, 3.8) is 0 Å². The van der Waals surface area contributed by atoms with Crippen LogP contribution >= 0.6 is 0 Å².